The Morgan fingerprint density at radius 3 is 2.03 bits per heavy atom. The largest absolute Gasteiger partial charge is 0.339 e. The number of nitrogens with one attached hydrogen (secondary N) is 2. The van der Waals surface area contributed by atoms with E-state index in [1.54, 1.807) is 12.1 Å². The van der Waals surface area contributed by atoms with Gasteiger partial charge in [-0.3, -0.25) is 4.79 Å². The van der Waals surface area contributed by atoms with Crippen LogP contribution in [0.2, 0.25) is 10.0 Å². The van der Waals surface area contributed by atoms with Gasteiger partial charge in [0, 0.05) is 28.8 Å². The van der Waals surface area contributed by atoms with Crippen LogP contribution in [0.1, 0.15) is 36.4 Å². The van der Waals surface area contributed by atoms with Crippen LogP contribution in [0.4, 0.5) is 10.1 Å². The standard InChI is InChI=1S/C29H31Cl2FN4O/c30-23-6-2-21(3-7-23)27(22-4-8-24(31)9-5-22)33-16-1-17-35-18-14-29(15-19-35)28(37)34-20-36(29)26-12-10-25(32)11-13-26/h2-13,27,33H,1,14-20H2,(H,34,37). The van der Waals surface area contributed by atoms with Crippen molar-refractivity contribution in [2.45, 2.75) is 30.8 Å². The fraction of sp³-hybridized carbons (Fsp3) is 0.345. The number of carbonyl (C=O) groups is 1. The summed E-state index contributed by atoms with van der Waals surface area (Å²) in [4.78, 5) is 17.4. The molecule has 8 heteroatoms. The van der Waals surface area contributed by atoms with Gasteiger partial charge in [-0.15, -0.1) is 0 Å². The summed E-state index contributed by atoms with van der Waals surface area (Å²) in [7, 11) is 0. The summed E-state index contributed by atoms with van der Waals surface area (Å²) in [6.45, 7) is 3.96. The van der Waals surface area contributed by atoms with Crippen molar-refractivity contribution in [1.29, 1.82) is 0 Å². The molecule has 3 aromatic carbocycles. The van der Waals surface area contributed by atoms with Gasteiger partial charge in [0.1, 0.15) is 11.4 Å². The average molecular weight is 541 g/mol. The summed E-state index contributed by atoms with van der Waals surface area (Å²) in [6, 6.07) is 22.3. The van der Waals surface area contributed by atoms with Gasteiger partial charge in [0.05, 0.1) is 12.7 Å². The Kier molecular flexibility index (Phi) is 8.01. The van der Waals surface area contributed by atoms with Gasteiger partial charge >= 0.3 is 0 Å². The third-order valence-corrected chi connectivity index (χ3v) is 8.07. The number of halogens is 3. The first-order chi connectivity index (χ1) is 17.9. The number of benzene rings is 3. The minimum Gasteiger partial charge on any atom is -0.339 e. The first-order valence-corrected chi connectivity index (χ1v) is 13.5. The van der Waals surface area contributed by atoms with E-state index in [9.17, 15) is 9.18 Å². The molecule has 0 aliphatic carbocycles. The van der Waals surface area contributed by atoms with Crippen molar-refractivity contribution >= 4 is 34.8 Å². The molecule has 37 heavy (non-hydrogen) atoms. The van der Waals surface area contributed by atoms with E-state index >= 15 is 0 Å². The van der Waals surface area contributed by atoms with E-state index in [0.717, 1.165) is 72.3 Å². The lowest BCUT2D eigenvalue weighted by atomic mass is 9.85. The molecular formula is C29H31Cl2FN4O. The van der Waals surface area contributed by atoms with Gasteiger partial charge in [0.25, 0.3) is 0 Å². The Morgan fingerprint density at radius 2 is 1.46 bits per heavy atom. The van der Waals surface area contributed by atoms with Crippen LogP contribution < -0.4 is 15.5 Å². The van der Waals surface area contributed by atoms with E-state index in [2.05, 4.69) is 44.7 Å². The number of nitrogens with zero attached hydrogens (tertiary/aromatic N) is 2. The molecule has 2 heterocycles. The Hall–Kier alpha value is -2.64. The molecular weight excluding hydrogens is 510 g/mol. The number of carbonyl (C=O) groups excluding carboxylic acids is 1. The zero-order valence-corrected chi connectivity index (χ0v) is 22.1. The van der Waals surface area contributed by atoms with Gasteiger partial charge in [-0.05, 0) is 92.0 Å². The smallest absolute Gasteiger partial charge is 0.247 e. The first-order valence-electron chi connectivity index (χ1n) is 12.7. The molecule has 5 nitrogen and oxygen atoms in total. The highest BCUT2D eigenvalue weighted by Gasteiger charge is 2.50. The lowest BCUT2D eigenvalue weighted by molar-refractivity contribution is -0.125. The van der Waals surface area contributed by atoms with Crippen LogP contribution in [0.25, 0.3) is 0 Å². The molecule has 2 aliphatic heterocycles. The predicted octanol–water partition coefficient (Wildman–Crippen LogP) is 5.63. The highest BCUT2D eigenvalue weighted by Crippen LogP contribution is 2.36. The summed E-state index contributed by atoms with van der Waals surface area (Å²) < 4.78 is 13.4. The van der Waals surface area contributed by atoms with E-state index < -0.39 is 5.54 Å². The predicted molar refractivity (Wildman–Crippen MR) is 148 cm³/mol. The molecule has 3 aromatic rings. The number of hydrogen-bond acceptors (Lipinski definition) is 4. The summed E-state index contributed by atoms with van der Waals surface area (Å²) in [5, 5.41) is 8.15. The van der Waals surface area contributed by atoms with Gasteiger partial charge in [-0.2, -0.15) is 0 Å². The number of amides is 1. The zero-order valence-electron chi connectivity index (χ0n) is 20.6. The normalized spacial score (nSPS) is 17.5. The molecule has 0 unspecified atom stereocenters. The van der Waals surface area contributed by atoms with Crippen molar-refractivity contribution in [2.75, 3.05) is 37.7 Å². The van der Waals surface area contributed by atoms with Gasteiger partial charge in [-0.25, -0.2) is 4.39 Å². The molecule has 0 atom stereocenters. The lowest BCUT2D eigenvalue weighted by Crippen LogP contribution is -2.56. The van der Waals surface area contributed by atoms with Gasteiger partial charge in [0.2, 0.25) is 5.91 Å². The maximum atomic E-state index is 13.4. The highest BCUT2D eigenvalue weighted by molar-refractivity contribution is 6.30. The molecule has 2 saturated heterocycles. The first kappa shape index (κ1) is 26.0. The summed E-state index contributed by atoms with van der Waals surface area (Å²) in [6.07, 6.45) is 2.49. The third kappa shape index (κ3) is 5.78. The minimum atomic E-state index is -0.555. The molecule has 0 radical (unpaired) electrons. The number of piperidine rings is 1. The van der Waals surface area contributed by atoms with Crippen molar-refractivity contribution in [3.8, 4) is 0 Å². The second-order valence-corrected chi connectivity index (χ2v) is 10.7. The molecule has 0 bridgehead atoms. The molecule has 2 aliphatic rings. The second-order valence-electron chi connectivity index (χ2n) is 9.79. The van der Waals surface area contributed by atoms with Crippen LogP contribution in [0.3, 0.4) is 0 Å². The van der Waals surface area contributed by atoms with Crippen LogP contribution >= 0.6 is 23.2 Å². The Balaban J connectivity index is 1.16. The quantitative estimate of drug-likeness (QED) is 0.363. The highest BCUT2D eigenvalue weighted by atomic mass is 35.5. The molecule has 1 spiro atoms. The summed E-state index contributed by atoms with van der Waals surface area (Å²) >= 11 is 12.2. The van der Waals surface area contributed by atoms with E-state index in [1.807, 2.05) is 24.3 Å². The van der Waals surface area contributed by atoms with E-state index in [4.69, 9.17) is 23.2 Å². The number of hydrogen-bond donors (Lipinski definition) is 2. The molecule has 2 N–H and O–H groups in total. The second kappa shape index (κ2) is 11.4. The van der Waals surface area contributed by atoms with Crippen LogP contribution in [0, 0.1) is 5.82 Å². The third-order valence-electron chi connectivity index (χ3n) is 7.56. The van der Waals surface area contributed by atoms with Crippen LogP contribution in [-0.2, 0) is 4.79 Å². The zero-order chi connectivity index (χ0) is 25.8. The maximum absolute atomic E-state index is 13.4. The lowest BCUT2D eigenvalue weighted by Gasteiger charge is -2.43. The van der Waals surface area contributed by atoms with Crippen LogP contribution in [-0.4, -0.2) is 49.2 Å². The van der Waals surface area contributed by atoms with Gasteiger partial charge in [-0.1, -0.05) is 47.5 Å². The van der Waals surface area contributed by atoms with E-state index in [0.29, 0.717) is 6.67 Å². The van der Waals surface area contributed by atoms with Crippen molar-refractivity contribution in [1.82, 2.24) is 15.5 Å². The number of rotatable bonds is 8. The SMILES string of the molecule is O=C1NCN(c2ccc(F)cc2)C12CCN(CCCNC(c1ccc(Cl)cc1)c1ccc(Cl)cc1)CC2. The van der Waals surface area contributed by atoms with Crippen molar-refractivity contribution in [2.24, 2.45) is 0 Å². The summed E-state index contributed by atoms with van der Waals surface area (Å²) in [5.74, 6) is -0.194. The van der Waals surface area contributed by atoms with E-state index in [1.165, 1.54) is 12.1 Å². The fourth-order valence-electron chi connectivity index (χ4n) is 5.48. The molecule has 5 rings (SSSR count). The fourth-order valence-corrected chi connectivity index (χ4v) is 5.73. The molecule has 194 valence electrons. The Labute approximate surface area is 227 Å². The monoisotopic (exact) mass is 540 g/mol. The van der Waals surface area contributed by atoms with Crippen molar-refractivity contribution in [3.05, 3.63) is 99.8 Å². The minimum absolute atomic E-state index is 0.0469. The van der Waals surface area contributed by atoms with Crippen LogP contribution in [0.15, 0.2) is 72.8 Å². The topological polar surface area (TPSA) is 47.6 Å². The maximum Gasteiger partial charge on any atom is 0.247 e. The van der Waals surface area contributed by atoms with Gasteiger partial charge in [0.15, 0.2) is 0 Å². The molecule has 0 aromatic heterocycles. The van der Waals surface area contributed by atoms with Crippen LogP contribution in [0.5, 0.6) is 0 Å². The summed E-state index contributed by atoms with van der Waals surface area (Å²) in [5.41, 5.74) is 2.63. The number of anilines is 1. The molecule has 2 fully saturated rings. The van der Waals surface area contributed by atoms with E-state index in [-0.39, 0.29) is 17.8 Å². The Morgan fingerprint density at radius 1 is 0.892 bits per heavy atom. The number of likely N-dealkylation sites (tertiary alicyclic amines) is 1. The average Bonchev–Trinajstić information content (AvgIpc) is 3.22. The molecule has 0 saturated carbocycles. The van der Waals surface area contributed by atoms with Crippen molar-refractivity contribution < 1.29 is 9.18 Å². The molecule has 1 amide bonds. The van der Waals surface area contributed by atoms with Crippen molar-refractivity contribution in [3.63, 3.8) is 0 Å². The Bertz CT molecular complexity index is 1150. The van der Waals surface area contributed by atoms with Gasteiger partial charge < -0.3 is 20.4 Å².